The first-order valence-electron chi connectivity index (χ1n) is 8.74. The van der Waals surface area contributed by atoms with Crippen molar-refractivity contribution in [2.75, 3.05) is 5.32 Å². The summed E-state index contributed by atoms with van der Waals surface area (Å²) in [5.41, 5.74) is 2.98. The van der Waals surface area contributed by atoms with Crippen molar-refractivity contribution in [3.8, 4) is 0 Å². The van der Waals surface area contributed by atoms with E-state index in [2.05, 4.69) is 10.3 Å². The minimum Gasteiger partial charge on any atom is -0.381 e. The summed E-state index contributed by atoms with van der Waals surface area (Å²) >= 11 is 6.20. The molecule has 0 unspecified atom stereocenters. The molecule has 0 radical (unpaired) electrons. The Labute approximate surface area is 168 Å². The van der Waals surface area contributed by atoms with E-state index in [1.165, 1.54) is 3.97 Å². The smallest absolute Gasteiger partial charge is 0.269 e. The highest BCUT2D eigenvalue weighted by molar-refractivity contribution is 7.90. The summed E-state index contributed by atoms with van der Waals surface area (Å²) in [5, 5.41) is 4.01. The van der Waals surface area contributed by atoms with E-state index in [-0.39, 0.29) is 4.90 Å². The number of imidazole rings is 1. The topological polar surface area (TPSA) is 64.0 Å². The fourth-order valence-electron chi connectivity index (χ4n) is 3.13. The molecule has 1 N–H and O–H groups in total. The second-order valence-electron chi connectivity index (χ2n) is 6.39. The maximum absolute atomic E-state index is 13.1. The standard InChI is InChI=1S/C21H18ClN3O2S/c1-15-24-20-13-17(23-14-16-7-5-6-10-19(16)22)11-12-21(20)25(15)28(26,27)18-8-3-2-4-9-18/h2-13,23H,14H2,1H3. The minimum absolute atomic E-state index is 0.235. The molecule has 0 saturated heterocycles. The Bertz CT molecular complexity index is 1250. The summed E-state index contributed by atoms with van der Waals surface area (Å²) in [5.74, 6) is 0.419. The van der Waals surface area contributed by atoms with Gasteiger partial charge in [-0.1, -0.05) is 48.0 Å². The zero-order valence-electron chi connectivity index (χ0n) is 15.1. The molecule has 0 aliphatic rings. The van der Waals surface area contributed by atoms with Gasteiger partial charge in [0.25, 0.3) is 10.0 Å². The van der Waals surface area contributed by atoms with Crippen LogP contribution in [0.4, 0.5) is 5.69 Å². The molecule has 4 rings (SSSR count). The van der Waals surface area contributed by atoms with Crippen LogP contribution in [-0.2, 0) is 16.6 Å². The van der Waals surface area contributed by atoms with Gasteiger partial charge in [-0.05, 0) is 48.9 Å². The summed E-state index contributed by atoms with van der Waals surface area (Å²) in [7, 11) is -3.71. The lowest BCUT2D eigenvalue weighted by Gasteiger charge is -2.10. The lowest BCUT2D eigenvalue weighted by atomic mass is 10.2. The van der Waals surface area contributed by atoms with E-state index in [0.717, 1.165) is 11.3 Å². The van der Waals surface area contributed by atoms with E-state index < -0.39 is 10.0 Å². The van der Waals surface area contributed by atoms with Crippen LogP contribution < -0.4 is 5.32 Å². The fraction of sp³-hybridized carbons (Fsp3) is 0.0952. The molecule has 0 aliphatic heterocycles. The van der Waals surface area contributed by atoms with Crippen LogP contribution in [0.1, 0.15) is 11.4 Å². The molecule has 28 heavy (non-hydrogen) atoms. The number of aromatic nitrogens is 2. The number of benzene rings is 3. The summed E-state index contributed by atoms with van der Waals surface area (Å²) in [6.07, 6.45) is 0. The normalized spacial score (nSPS) is 11.6. The van der Waals surface area contributed by atoms with E-state index >= 15 is 0 Å². The van der Waals surface area contributed by atoms with Gasteiger partial charge in [0.05, 0.1) is 15.9 Å². The van der Waals surface area contributed by atoms with Crippen LogP contribution >= 0.6 is 11.6 Å². The zero-order valence-corrected chi connectivity index (χ0v) is 16.7. The molecule has 0 amide bonds. The first-order valence-corrected chi connectivity index (χ1v) is 10.6. The van der Waals surface area contributed by atoms with Gasteiger partial charge in [0.2, 0.25) is 0 Å². The molecule has 3 aromatic carbocycles. The van der Waals surface area contributed by atoms with Gasteiger partial charge in [0.15, 0.2) is 0 Å². The van der Waals surface area contributed by atoms with Gasteiger partial charge in [-0.15, -0.1) is 0 Å². The first kappa shape index (κ1) is 18.5. The maximum atomic E-state index is 13.1. The van der Waals surface area contributed by atoms with Crippen molar-refractivity contribution in [3.63, 3.8) is 0 Å². The molecule has 0 spiro atoms. The fourth-order valence-corrected chi connectivity index (χ4v) is 4.85. The summed E-state index contributed by atoms with van der Waals surface area (Å²) in [6.45, 7) is 2.25. The highest BCUT2D eigenvalue weighted by Crippen LogP contribution is 2.26. The third kappa shape index (κ3) is 3.37. The number of hydrogen-bond donors (Lipinski definition) is 1. The van der Waals surface area contributed by atoms with Crippen LogP contribution in [0.15, 0.2) is 77.7 Å². The molecule has 7 heteroatoms. The van der Waals surface area contributed by atoms with E-state index in [9.17, 15) is 8.42 Å². The molecule has 0 atom stereocenters. The van der Waals surface area contributed by atoms with Gasteiger partial charge in [-0.2, -0.15) is 0 Å². The second-order valence-corrected chi connectivity index (χ2v) is 8.58. The van der Waals surface area contributed by atoms with Gasteiger partial charge in [0, 0.05) is 17.3 Å². The number of nitrogens with one attached hydrogen (secondary N) is 1. The largest absolute Gasteiger partial charge is 0.381 e. The summed E-state index contributed by atoms with van der Waals surface area (Å²) in [4.78, 5) is 4.69. The highest BCUT2D eigenvalue weighted by atomic mass is 35.5. The Morgan fingerprint density at radius 1 is 1.00 bits per heavy atom. The molecule has 0 bridgehead atoms. The van der Waals surface area contributed by atoms with Crippen molar-refractivity contribution in [2.24, 2.45) is 0 Å². The minimum atomic E-state index is -3.71. The van der Waals surface area contributed by atoms with Crippen LogP contribution in [0, 0.1) is 6.92 Å². The molecule has 1 aromatic heterocycles. The number of anilines is 1. The van der Waals surface area contributed by atoms with Gasteiger partial charge in [0.1, 0.15) is 5.82 Å². The number of fused-ring (bicyclic) bond motifs is 1. The number of nitrogens with zero attached hydrogens (tertiary/aromatic N) is 2. The van der Waals surface area contributed by atoms with E-state index in [4.69, 9.17) is 11.6 Å². The van der Waals surface area contributed by atoms with Crippen LogP contribution in [0.25, 0.3) is 11.0 Å². The molecule has 1 heterocycles. The lowest BCUT2D eigenvalue weighted by molar-refractivity contribution is 0.587. The Morgan fingerprint density at radius 3 is 2.46 bits per heavy atom. The molecular formula is C21H18ClN3O2S. The SMILES string of the molecule is Cc1nc2cc(NCc3ccccc3Cl)ccc2n1S(=O)(=O)c1ccccc1. The molecule has 0 aliphatic carbocycles. The third-order valence-electron chi connectivity index (χ3n) is 4.49. The molecule has 0 fully saturated rings. The predicted molar refractivity (Wildman–Crippen MR) is 112 cm³/mol. The molecule has 0 saturated carbocycles. The monoisotopic (exact) mass is 411 g/mol. The third-order valence-corrected chi connectivity index (χ3v) is 6.67. The van der Waals surface area contributed by atoms with Crippen LogP contribution in [0.5, 0.6) is 0 Å². The van der Waals surface area contributed by atoms with Crippen molar-refractivity contribution in [1.82, 2.24) is 8.96 Å². The average Bonchev–Trinajstić information content (AvgIpc) is 3.03. The van der Waals surface area contributed by atoms with Crippen molar-refractivity contribution >= 4 is 38.3 Å². The van der Waals surface area contributed by atoms with Crippen molar-refractivity contribution in [3.05, 3.63) is 89.2 Å². The van der Waals surface area contributed by atoms with E-state index in [0.29, 0.717) is 28.4 Å². The van der Waals surface area contributed by atoms with E-state index in [1.807, 2.05) is 36.4 Å². The van der Waals surface area contributed by atoms with Gasteiger partial charge in [-0.3, -0.25) is 0 Å². The predicted octanol–water partition coefficient (Wildman–Crippen LogP) is 4.85. The Hall–Kier alpha value is -2.83. The number of hydrogen-bond acceptors (Lipinski definition) is 4. The van der Waals surface area contributed by atoms with Gasteiger partial charge >= 0.3 is 0 Å². The van der Waals surface area contributed by atoms with Gasteiger partial charge in [-0.25, -0.2) is 17.4 Å². The van der Waals surface area contributed by atoms with Crippen LogP contribution in [-0.4, -0.2) is 17.4 Å². The molecular weight excluding hydrogens is 394 g/mol. The zero-order chi connectivity index (χ0) is 19.7. The van der Waals surface area contributed by atoms with Crippen molar-refractivity contribution < 1.29 is 8.42 Å². The second kappa shape index (κ2) is 7.30. The van der Waals surface area contributed by atoms with E-state index in [1.54, 1.807) is 43.3 Å². The number of halogens is 1. The average molecular weight is 412 g/mol. The Kier molecular flexibility index (Phi) is 4.83. The van der Waals surface area contributed by atoms with Crippen molar-refractivity contribution in [1.29, 1.82) is 0 Å². The first-order chi connectivity index (χ1) is 13.5. The van der Waals surface area contributed by atoms with Crippen LogP contribution in [0.2, 0.25) is 5.02 Å². The molecule has 4 aromatic rings. The Morgan fingerprint density at radius 2 is 1.71 bits per heavy atom. The molecule has 5 nitrogen and oxygen atoms in total. The van der Waals surface area contributed by atoms with Gasteiger partial charge < -0.3 is 5.32 Å². The number of aryl methyl sites for hydroxylation is 1. The number of rotatable bonds is 5. The summed E-state index contributed by atoms with van der Waals surface area (Å²) < 4.78 is 27.4. The quantitative estimate of drug-likeness (QED) is 0.510. The maximum Gasteiger partial charge on any atom is 0.269 e. The summed E-state index contributed by atoms with van der Waals surface area (Å²) in [6, 6.07) is 21.5. The van der Waals surface area contributed by atoms with Crippen LogP contribution in [0.3, 0.4) is 0 Å². The molecule has 142 valence electrons. The van der Waals surface area contributed by atoms with Crippen molar-refractivity contribution in [2.45, 2.75) is 18.4 Å². The Balaban J connectivity index is 1.69. The highest BCUT2D eigenvalue weighted by Gasteiger charge is 2.22. The lowest BCUT2D eigenvalue weighted by Crippen LogP contribution is -2.14.